The first-order valence-electron chi connectivity index (χ1n) is 4.04. The molecule has 0 saturated carbocycles. The third-order valence-electron chi connectivity index (χ3n) is 2.16. The molecule has 1 aliphatic rings. The Morgan fingerprint density at radius 3 is 2.92 bits per heavy atom. The maximum absolute atomic E-state index is 6.03. The molecular formula is C8H10ClN3S. The minimum Gasteiger partial charge on any atom is -0.359 e. The first-order chi connectivity index (χ1) is 6.22. The van der Waals surface area contributed by atoms with Gasteiger partial charge in [0.25, 0.3) is 0 Å². The van der Waals surface area contributed by atoms with Crippen LogP contribution in [0, 0.1) is 0 Å². The average molecular weight is 216 g/mol. The molecule has 70 valence electrons. The fourth-order valence-corrected chi connectivity index (χ4v) is 2.10. The number of nitrogens with zero attached hydrogens (tertiary/aromatic N) is 3. The number of rotatable bonds is 1. The fourth-order valence-electron chi connectivity index (χ4n) is 1.43. The van der Waals surface area contributed by atoms with Crippen molar-refractivity contribution < 1.29 is 0 Å². The van der Waals surface area contributed by atoms with Crippen LogP contribution in [0.25, 0.3) is 0 Å². The molecule has 0 amide bonds. The van der Waals surface area contributed by atoms with Gasteiger partial charge in [-0.05, 0) is 12.7 Å². The molecule has 3 nitrogen and oxygen atoms in total. The van der Waals surface area contributed by atoms with Gasteiger partial charge < -0.3 is 4.90 Å². The minimum atomic E-state index is 0.610. The summed E-state index contributed by atoms with van der Waals surface area (Å²) in [6.45, 7) is 0.988. The van der Waals surface area contributed by atoms with Crippen molar-refractivity contribution in [3.8, 4) is 0 Å². The van der Waals surface area contributed by atoms with E-state index in [1.165, 1.54) is 11.8 Å². The molecule has 2 heterocycles. The molecule has 0 N–H and O–H groups in total. The molecule has 0 radical (unpaired) electrons. The molecule has 1 aliphatic heterocycles. The molecule has 0 atom stereocenters. The number of aromatic nitrogens is 2. The van der Waals surface area contributed by atoms with Crippen molar-refractivity contribution in [2.75, 3.05) is 24.7 Å². The first kappa shape index (κ1) is 9.09. The van der Waals surface area contributed by atoms with Crippen LogP contribution in [0.15, 0.2) is 5.16 Å². The van der Waals surface area contributed by atoms with Crippen molar-refractivity contribution in [2.45, 2.75) is 11.6 Å². The number of likely N-dealkylation sites (N-methyl/N-ethyl adjacent to an activating group) is 1. The van der Waals surface area contributed by atoms with Crippen LogP contribution in [0.5, 0.6) is 0 Å². The number of fused-ring (bicyclic) bond motifs is 1. The Bertz CT molecular complexity index is 342. The van der Waals surface area contributed by atoms with E-state index in [-0.39, 0.29) is 0 Å². The first-order valence-corrected chi connectivity index (χ1v) is 5.64. The highest BCUT2D eigenvalue weighted by molar-refractivity contribution is 7.98. The zero-order valence-corrected chi connectivity index (χ0v) is 9.11. The quantitative estimate of drug-likeness (QED) is 0.406. The van der Waals surface area contributed by atoms with E-state index >= 15 is 0 Å². The molecule has 0 fully saturated rings. The van der Waals surface area contributed by atoms with Crippen molar-refractivity contribution in [1.82, 2.24) is 9.97 Å². The Labute approximate surface area is 86.5 Å². The van der Waals surface area contributed by atoms with Gasteiger partial charge in [0.05, 0.1) is 0 Å². The third kappa shape index (κ3) is 1.48. The Hall–Kier alpha value is -0.480. The molecule has 1 aromatic rings. The van der Waals surface area contributed by atoms with Gasteiger partial charge in [-0.25, -0.2) is 9.97 Å². The molecule has 0 spiro atoms. The topological polar surface area (TPSA) is 29.0 Å². The summed E-state index contributed by atoms with van der Waals surface area (Å²) in [4.78, 5) is 10.7. The number of hydrogen-bond acceptors (Lipinski definition) is 4. The predicted octanol–water partition coefficient (Wildman–Crippen LogP) is 1.84. The number of halogens is 1. The highest BCUT2D eigenvalue weighted by Crippen LogP contribution is 2.31. The summed E-state index contributed by atoms with van der Waals surface area (Å²) in [7, 11) is 2.03. The Morgan fingerprint density at radius 1 is 1.46 bits per heavy atom. The summed E-state index contributed by atoms with van der Waals surface area (Å²) < 4.78 is 0. The Morgan fingerprint density at radius 2 is 2.23 bits per heavy atom. The standard InChI is InChI=1S/C8H10ClN3S/c1-12-4-3-5-6(9)10-8(13-2)11-7(5)12/h3-4H2,1-2H3. The van der Waals surface area contributed by atoms with Crippen LogP contribution in [0.3, 0.4) is 0 Å². The zero-order valence-electron chi connectivity index (χ0n) is 7.54. The van der Waals surface area contributed by atoms with Gasteiger partial charge in [-0.2, -0.15) is 0 Å². The fraction of sp³-hybridized carbons (Fsp3) is 0.500. The second-order valence-corrected chi connectivity index (χ2v) is 4.11. The molecule has 0 unspecified atom stereocenters. The summed E-state index contributed by atoms with van der Waals surface area (Å²) in [6.07, 6.45) is 2.91. The average Bonchev–Trinajstić information content (AvgIpc) is 2.48. The minimum absolute atomic E-state index is 0.610. The largest absolute Gasteiger partial charge is 0.359 e. The highest BCUT2D eigenvalue weighted by Gasteiger charge is 2.21. The van der Waals surface area contributed by atoms with Crippen LogP contribution >= 0.6 is 23.4 Å². The normalized spacial score (nSPS) is 14.8. The lowest BCUT2D eigenvalue weighted by Gasteiger charge is -2.10. The smallest absolute Gasteiger partial charge is 0.190 e. The van der Waals surface area contributed by atoms with Crippen molar-refractivity contribution in [1.29, 1.82) is 0 Å². The third-order valence-corrected chi connectivity index (χ3v) is 3.02. The van der Waals surface area contributed by atoms with E-state index in [0.717, 1.165) is 29.5 Å². The highest BCUT2D eigenvalue weighted by atomic mass is 35.5. The van der Waals surface area contributed by atoms with Gasteiger partial charge >= 0.3 is 0 Å². The van der Waals surface area contributed by atoms with E-state index in [1.807, 2.05) is 13.3 Å². The van der Waals surface area contributed by atoms with Gasteiger partial charge in [0, 0.05) is 19.2 Å². The number of hydrogen-bond donors (Lipinski definition) is 0. The van der Waals surface area contributed by atoms with E-state index < -0.39 is 0 Å². The van der Waals surface area contributed by atoms with E-state index in [2.05, 4.69) is 14.9 Å². The van der Waals surface area contributed by atoms with Gasteiger partial charge in [0.1, 0.15) is 11.0 Å². The second-order valence-electron chi connectivity index (χ2n) is 2.97. The van der Waals surface area contributed by atoms with Crippen molar-refractivity contribution in [2.24, 2.45) is 0 Å². The summed E-state index contributed by atoms with van der Waals surface area (Å²) >= 11 is 7.55. The molecule has 13 heavy (non-hydrogen) atoms. The Balaban J connectivity index is 2.53. The molecule has 0 saturated heterocycles. The predicted molar refractivity (Wildman–Crippen MR) is 55.8 cm³/mol. The monoisotopic (exact) mass is 215 g/mol. The molecule has 0 bridgehead atoms. The summed E-state index contributed by atoms with van der Waals surface area (Å²) in [6, 6.07) is 0. The maximum atomic E-state index is 6.03. The van der Waals surface area contributed by atoms with Gasteiger partial charge in [0.2, 0.25) is 0 Å². The van der Waals surface area contributed by atoms with Crippen LogP contribution < -0.4 is 4.90 Å². The number of anilines is 1. The second kappa shape index (κ2) is 3.35. The van der Waals surface area contributed by atoms with Crippen LogP contribution in [0.1, 0.15) is 5.56 Å². The van der Waals surface area contributed by atoms with Crippen LogP contribution in [-0.2, 0) is 6.42 Å². The van der Waals surface area contributed by atoms with Gasteiger partial charge in [-0.1, -0.05) is 23.4 Å². The van der Waals surface area contributed by atoms with Crippen LogP contribution in [0.4, 0.5) is 5.82 Å². The molecule has 1 aromatic heterocycles. The molecule has 5 heteroatoms. The van der Waals surface area contributed by atoms with Gasteiger partial charge in [-0.15, -0.1) is 0 Å². The van der Waals surface area contributed by atoms with E-state index in [9.17, 15) is 0 Å². The lowest BCUT2D eigenvalue weighted by atomic mass is 10.3. The lowest BCUT2D eigenvalue weighted by molar-refractivity contribution is 0.923. The molecular weight excluding hydrogens is 206 g/mol. The summed E-state index contributed by atoms with van der Waals surface area (Å²) in [5, 5.41) is 1.36. The van der Waals surface area contributed by atoms with Gasteiger partial charge in [-0.3, -0.25) is 0 Å². The van der Waals surface area contributed by atoms with Crippen LogP contribution in [-0.4, -0.2) is 29.8 Å². The number of thioether (sulfide) groups is 1. The maximum Gasteiger partial charge on any atom is 0.190 e. The summed E-state index contributed by atoms with van der Waals surface area (Å²) in [5.74, 6) is 0.990. The van der Waals surface area contributed by atoms with E-state index in [4.69, 9.17) is 11.6 Å². The lowest BCUT2D eigenvalue weighted by Crippen LogP contribution is -2.14. The molecule has 2 rings (SSSR count). The molecule has 0 aliphatic carbocycles. The molecule has 0 aromatic carbocycles. The van der Waals surface area contributed by atoms with E-state index in [1.54, 1.807) is 0 Å². The Kier molecular flexibility index (Phi) is 2.34. The van der Waals surface area contributed by atoms with Gasteiger partial charge in [0.15, 0.2) is 5.16 Å². The van der Waals surface area contributed by atoms with E-state index in [0.29, 0.717) is 5.15 Å². The van der Waals surface area contributed by atoms with Crippen molar-refractivity contribution in [3.05, 3.63) is 10.7 Å². The zero-order chi connectivity index (χ0) is 9.42. The van der Waals surface area contributed by atoms with Crippen molar-refractivity contribution >= 4 is 29.2 Å². The summed E-state index contributed by atoms with van der Waals surface area (Å²) in [5.41, 5.74) is 1.09. The van der Waals surface area contributed by atoms with Crippen LogP contribution in [0.2, 0.25) is 5.15 Å². The SMILES string of the molecule is CSc1nc(Cl)c2c(n1)N(C)CC2. The van der Waals surface area contributed by atoms with Crippen molar-refractivity contribution in [3.63, 3.8) is 0 Å².